The second-order valence-electron chi connectivity index (χ2n) is 4.99. The minimum absolute atomic E-state index is 0.278. The van der Waals surface area contributed by atoms with Crippen LogP contribution in [0.5, 0.6) is 0 Å². The number of hydrogen-bond donors (Lipinski definition) is 1. The summed E-state index contributed by atoms with van der Waals surface area (Å²) in [6, 6.07) is 12.8. The van der Waals surface area contributed by atoms with Crippen molar-refractivity contribution in [2.45, 2.75) is 13.3 Å². The molecule has 1 N–H and O–H groups in total. The summed E-state index contributed by atoms with van der Waals surface area (Å²) in [6.07, 6.45) is 2.39. The normalized spacial score (nSPS) is 10.8. The molecule has 0 aliphatic carbocycles. The van der Waals surface area contributed by atoms with Crippen molar-refractivity contribution in [3.05, 3.63) is 65.7 Å². The molecule has 0 saturated carbocycles. The quantitative estimate of drug-likeness (QED) is 0.791. The van der Waals surface area contributed by atoms with Gasteiger partial charge in [0.1, 0.15) is 18.0 Å². The minimum Gasteiger partial charge on any atom is -0.369 e. The second-order valence-corrected chi connectivity index (χ2v) is 4.99. The van der Waals surface area contributed by atoms with Gasteiger partial charge >= 0.3 is 0 Å². The van der Waals surface area contributed by atoms with Crippen LogP contribution in [0.1, 0.15) is 11.1 Å². The third-order valence-electron chi connectivity index (χ3n) is 3.55. The number of anilines is 1. The van der Waals surface area contributed by atoms with Crippen LogP contribution in [0, 0.1) is 12.7 Å². The smallest absolute Gasteiger partial charge is 0.137 e. The SMILES string of the molecule is Cc1ccccc1CCNc1ncnc2ccc(F)cc12. The number of nitrogens with zero attached hydrogens (tertiary/aromatic N) is 2. The molecule has 0 unspecified atom stereocenters. The fourth-order valence-electron chi connectivity index (χ4n) is 2.38. The lowest BCUT2D eigenvalue weighted by Gasteiger charge is -2.09. The van der Waals surface area contributed by atoms with Crippen LogP contribution in [0.25, 0.3) is 10.9 Å². The van der Waals surface area contributed by atoms with Crippen molar-refractivity contribution in [2.24, 2.45) is 0 Å². The van der Waals surface area contributed by atoms with Gasteiger partial charge in [-0.3, -0.25) is 0 Å². The Morgan fingerprint density at radius 3 is 2.81 bits per heavy atom. The number of aryl methyl sites for hydroxylation is 1. The highest BCUT2D eigenvalue weighted by molar-refractivity contribution is 5.88. The first kappa shape index (κ1) is 13.5. The molecule has 0 fully saturated rings. The van der Waals surface area contributed by atoms with E-state index in [2.05, 4.69) is 34.3 Å². The highest BCUT2D eigenvalue weighted by atomic mass is 19.1. The van der Waals surface area contributed by atoms with E-state index in [9.17, 15) is 4.39 Å². The summed E-state index contributed by atoms with van der Waals surface area (Å²) < 4.78 is 13.4. The topological polar surface area (TPSA) is 37.8 Å². The molecule has 0 aliphatic heterocycles. The lowest BCUT2D eigenvalue weighted by molar-refractivity contribution is 0.629. The maximum absolute atomic E-state index is 13.4. The molecule has 3 aromatic rings. The number of hydrogen-bond acceptors (Lipinski definition) is 3. The Kier molecular flexibility index (Phi) is 3.77. The van der Waals surface area contributed by atoms with Crippen LogP contribution in [0.2, 0.25) is 0 Å². The summed E-state index contributed by atoms with van der Waals surface area (Å²) in [7, 11) is 0. The van der Waals surface area contributed by atoms with Crippen molar-refractivity contribution >= 4 is 16.7 Å². The molecule has 0 bridgehead atoms. The van der Waals surface area contributed by atoms with Crippen molar-refractivity contribution in [2.75, 3.05) is 11.9 Å². The number of aromatic nitrogens is 2. The molecule has 0 atom stereocenters. The highest BCUT2D eigenvalue weighted by Crippen LogP contribution is 2.20. The molecule has 0 saturated heterocycles. The highest BCUT2D eigenvalue weighted by Gasteiger charge is 2.05. The third-order valence-corrected chi connectivity index (χ3v) is 3.55. The van der Waals surface area contributed by atoms with Crippen LogP contribution >= 0.6 is 0 Å². The first-order valence-corrected chi connectivity index (χ1v) is 6.93. The number of nitrogens with one attached hydrogen (secondary N) is 1. The summed E-state index contributed by atoms with van der Waals surface area (Å²) in [6.45, 7) is 2.85. The van der Waals surface area contributed by atoms with E-state index in [0.29, 0.717) is 11.2 Å². The van der Waals surface area contributed by atoms with E-state index >= 15 is 0 Å². The fraction of sp³-hybridized carbons (Fsp3) is 0.176. The lowest BCUT2D eigenvalue weighted by Crippen LogP contribution is -2.08. The average molecular weight is 281 g/mol. The molecule has 1 heterocycles. The molecule has 106 valence electrons. The molecule has 0 amide bonds. The van der Waals surface area contributed by atoms with Crippen LogP contribution in [-0.4, -0.2) is 16.5 Å². The van der Waals surface area contributed by atoms with Crippen LogP contribution in [0.15, 0.2) is 48.8 Å². The molecule has 4 heteroatoms. The Labute approximate surface area is 122 Å². The number of benzene rings is 2. The zero-order valence-electron chi connectivity index (χ0n) is 11.8. The zero-order valence-corrected chi connectivity index (χ0v) is 11.8. The van der Waals surface area contributed by atoms with Crippen molar-refractivity contribution in [3.8, 4) is 0 Å². The van der Waals surface area contributed by atoms with Crippen LogP contribution in [0.3, 0.4) is 0 Å². The monoisotopic (exact) mass is 281 g/mol. The minimum atomic E-state index is -0.278. The van der Waals surface area contributed by atoms with E-state index < -0.39 is 0 Å². The predicted molar refractivity (Wildman–Crippen MR) is 82.9 cm³/mol. The average Bonchev–Trinajstić information content (AvgIpc) is 2.49. The summed E-state index contributed by atoms with van der Waals surface area (Å²) in [4.78, 5) is 8.36. The van der Waals surface area contributed by atoms with Crippen molar-refractivity contribution < 1.29 is 4.39 Å². The Morgan fingerprint density at radius 2 is 1.95 bits per heavy atom. The molecule has 0 radical (unpaired) electrons. The van der Waals surface area contributed by atoms with Gasteiger partial charge < -0.3 is 5.32 Å². The predicted octanol–water partition coefficient (Wildman–Crippen LogP) is 3.73. The fourth-order valence-corrected chi connectivity index (χ4v) is 2.38. The van der Waals surface area contributed by atoms with E-state index in [1.54, 1.807) is 6.07 Å². The van der Waals surface area contributed by atoms with Gasteiger partial charge in [-0.2, -0.15) is 0 Å². The number of halogens is 1. The van der Waals surface area contributed by atoms with Gasteiger partial charge in [0.15, 0.2) is 0 Å². The van der Waals surface area contributed by atoms with Gasteiger partial charge in [0, 0.05) is 11.9 Å². The third kappa shape index (κ3) is 2.99. The summed E-state index contributed by atoms with van der Waals surface area (Å²) >= 11 is 0. The maximum atomic E-state index is 13.4. The number of rotatable bonds is 4. The Morgan fingerprint density at radius 1 is 1.10 bits per heavy atom. The molecule has 3 nitrogen and oxygen atoms in total. The van der Waals surface area contributed by atoms with E-state index in [1.165, 1.54) is 29.6 Å². The van der Waals surface area contributed by atoms with Gasteiger partial charge in [-0.25, -0.2) is 14.4 Å². The zero-order chi connectivity index (χ0) is 14.7. The molecular formula is C17H16FN3. The molecule has 1 aromatic heterocycles. The molecule has 0 aliphatic rings. The van der Waals surface area contributed by atoms with E-state index in [4.69, 9.17) is 0 Å². The lowest BCUT2D eigenvalue weighted by atomic mass is 10.1. The van der Waals surface area contributed by atoms with Gasteiger partial charge in [0.25, 0.3) is 0 Å². The van der Waals surface area contributed by atoms with Gasteiger partial charge in [0.2, 0.25) is 0 Å². The molecule has 2 aromatic carbocycles. The first-order valence-electron chi connectivity index (χ1n) is 6.93. The Balaban J connectivity index is 1.77. The van der Waals surface area contributed by atoms with Crippen molar-refractivity contribution in [3.63, 3.8) is 0 Å². The largest absolute Gasteiger partial charge is 0.369 e. The molecule has 0 spiro atoms. The second kappa shape index (κ2) is 5.87. The van der Waals surface area contributed by atoms with Gasteiger partial charge in [-0.15, -0.1) is 0 Å². The molecule has 21 heavy (non-hydrogen) atoms. The van der Waals surface area contributed by atoms with E-state index in [1.807, 2.05) is 12.1 Å². The molecule has 3 rings (SSSR count). The van der Waals surface area contributed by atoms with Gasteiger partial charge in [-0.1, -0.05) is 24.3 Å². The van der Waals surface area contributed by atoms with Gasteiger partial charge in [0.05, 0.1) is 5.52 Å². The summed E-state index contributed by atoms with van der Waals surface area (Å²) in [5.41, 5.74) is 3.32. The first-order chi connectivity index (χ1) is 10.2. The maximum Gasteiger partial charge on any atom is 0.137 e. The van der Waals surface area contributed by atoms with E-state index in [-0.39, 0.29) is 5.82 Å². The van der Waals surface area contributed by atoms with Crippen LogP contribution in [0.4, 0.5) is 10.2 Å². The molecular weight excluding hydrogens is 265 g/mol. The Hall–Kier alpha value is -2.49. The number of fused-ring (bicyclic) bond motifs is 1. The summed E-state index contributed by atoms with van der Waals surface area (Å²) in [5.74, 6) is 0.396. The standard InChI is InChI=1S/C17H16FN3/c1-12-4-2-3-5-13(12)8-9-19-17-15-10-14(18)6-7-16(15)20-11-21-17/h2-7,10-11H,8-9H2,1H3,(H,19,20,21). The van der Waals surface area contributed by atoms with Crippen LogP contribution in [-0.2, 0) is 6.42 Å². The van der Waals surface area contributed by atoms with Gasteiger partial charge in [-0.05, 0) is 42.7 Å². The summed E-state index contributed by atoms with van der Waals surface area (Å²) in [5, 5.41) is 3.98. The Bertz CT molecular complexity index is 771. The van der Waals surface area contributed by atoms with Crippen LogP contribution < -0.4 is 5.32 Å². The van der Waals surface area contributed by atoms with Crippen molar-refractivity contribution in [1.82, 2.24) is 9.97 Å². The van der Waals surface area contributed by atoms with E-state index in [0.717, 1.165) is 18.5 Å². The van der Waals surface area contributed by atoms with Crippen molar-refractivity contribution in [1.29, 1.82) is 0 Å².